The Hall–Kier alpha value is -6.79. The molecule has 0 amide bonds. The van der Waals surface area contributed by atoms with E-state index in [0.29, 0.717) is 28.7 Å². The zero-order valence-electron chi connectivity index (χ0n) is 34.5. The van der Waals surface area contributed by atoms with Gasteiger partial charge in [-0.3, -0.25) is 0 Å². The highest BCUT2D eigenvalue weighted by molar-refractivity contribution is 5.89. The van der Waals surface area contributed by atoms with E-state index in [0.717, 1.165) is 51.3 Å². The van der Waals surface area contributed by atoms with Crippen molar-refractivity contribution in [3.8, 4) is 34.5 Å². The van der Waals surface area contributed by atoms with Crippen LogP contribution in [0.25, 0.3) is 12.2 Å². The molecule has 0 saturated carbocycles. The average molecular weight is 817 g/mol. The Morgan fingerprint density at radius 3 is 1.62 bits per heavy atom. The van der Waals surface area contributed by atoms with Gasteiger partial charge in [-0.05, 0) is 90.7 Å². The number of fused-ring (bicyclic) bond motifs is 3. The van der Waals surface area contributed by atoms with Crippen LogP contribution in [-0.2, 0) is 39.6 Å². The van der Waals surface area contributed by atoms with E-state index in [9.17, 15) is 14.4 Å². The molecule has 0 radical (unpaired) electrons. The Labute approximate surface area is 349 Å². The molecule has 0 aromatic heterocycles. The SMILES string of the molecule is C=CC(=O)OCOc1ccc(/C=C/COOc2cc3c(cc2C)OC2C(Oc4cc(C)c(OC(=O)/C=C/c5ccc(OCOC(=O)C=C)cc5)cc4C2(C)C)C3(C)C)cc1. The van der Waals surface area contributed by atoms with E-state index >= 15 is 0 Å². The number of carbonyl (C=O) groups excluding carboxylic acids is 3. The summed E-state index contributed by atoms with van der Waals surface area (Å²) in [4.78, 5) is 46.8. The molecule has 2 aliphatic heterocycles. The summed E-state index contributed by atoms with van der Waals surface area (Å²) in [6.07, 6.45) is 8.13. The van der Waals surface area contributed by atoms with Crippen LogP contribution in [0.3, 0.4) is 0 Å². The van der Waals surface area contributed by atoms with Crippen LogP contribution in [0.15, 0.2) is 110 Å². The van der Waals surface area contributed by atoms with Crippen molar-refractivity contribution in [2.45, 2.75) is 64.6 Å². The molecule has 60 heavy (non-hydrogen) atoms. The van der Waals surface area contributed by atoms with Gasteiger partial charge in [0.2, 0.25) is 13.6 Å². The van der Waals surface area contributed by atoms with Gasteiger partial charge >= 0.3 is 17.9 Å². The van der Waals surface area contributed by atoms with Crippen molar-refractivity contribution in [3.63, 3.8) is 0 Å². The molecule has 0 N–H and O–H groups in total. The molecule has 4 aromatic rings. The number of hydrogen-bond donors (Lipinski definition) is 0. The first-order chi connectivity index (χ1) is 28.7. The summed E-state index contributed by atoms with van der Waals surface area (Å²) in [5, 5.41) is 0. The topological polar surface area (TPSA) is 134 Å². The van der Waals surface area contributed by atoms with E-state index in [1.54, 1.807) is 42.5 Å². The quantitative estimate of drug-likeness (QED) is 0.0203. The molecule has 2 unspecified atom stereocenters. The zero-order chi connectivity index (χ0) is 43.0. The van der Waals surface area contributed by atoms with Gasteiger partial charge in [0.1, 0.15) is 47.6 Å². The van der Waals surface area contributed by atoms with Crippen LogP contribution < -0.4 is 28.6 Å². The second kappa shape index (κ2) is 18.4. The van der Waals surface area contributed by atoms with Gasteiger partial charge in [0.15, 0.2) is 5.75 Å². The predicted molar refractivity (Wildman–Crippen MR) is 224 cm³/mol. The molecule has 0 bridgehead atoms. The van der Waals surface area contributed by atoms with Crippen LogP contribution in [0.1, 0.15) is 61.1 Å². The van der Waals surface area contributed by atoms with Gasteiger partial charge in [-0.15, -0.1) is 0 Å². The van der Waals surface area contributed by atoms with Crippen LogP contribution in [0, 0.1) is 13.8 Å². The first kappa shape index (κ1) is 42.8. The predicted octanol–water partition coefficient (Wildman–Crippen LogP) is 8.85. The van der Waals surface area contributed by atoms with Crippen LogP contribution in [-0.4, -0.2) is 50.3 Å². The summed E-state index contributed by atoms with van der Waals surface area (Å²) in [5.74, 6) is 1.81. The van der Waals surface area contributed by atoms with E-state index in [4.69, 9.17) is 42.9 Å². The lowest BCUT2D eigenvalue weighted by molar-refractivity contribution is -0.196. The molecule has 0 fully saturated rings. The Morgan fingerprint density at radius 2 is 1.12 bits per heavy atom. The molecular weight excluding hydrogens is 769 g/mol. The van der Waals surface area contributed by atoms with E-state index in [1.807, 2.05) is 62.4 Å². The molecule has 6 rings (SSSR count). The lowest BCUT2D eigenvalue weighted by Crippen LogP contribution is -2.61. The third-order valence-corrected chi connectivity index (χ3v) is 10.3. The average Bonchev–Trinajstić information content (AvgIpc) is 3.22. The minimum Gasteiger partial charge on any atom is -0.485 e. The van der Waals surface area contributed by atoms with E-state index in [2.05, 4.69) is 40.9 Å². The number of hydrogen-bond acceptors (Lipinski definition) is 12. The Bertz CT molecular complexity index is 2300. The largest absolute Gasteiger partial charge is 0.485 e. The molecule has 2 heterocycles. The maximum atomic E-state index is 13.0. The minimum absolute atomic E-state index is 0.195. The number of ether oxygens (including phenoxy) is 7. The number of carbonyl (C=O) groups is 3. The molecule has 12 heteroatoms. The van der Waals surface area contributed by atoms with Crippen LogP contribution >= 0.6 is 0 Å². The van der Waals surface area contributed by atoms with Gasteiger partial charge in [0.05, 0.1) is 0 Å². The van der Waals surface area contributed by atoms with Gasteiger partial charge in [-0.1, -0.05) is 77.3 Å². The molecule has 0 spiro atoms. The standard InChI is InChI=1S/C48H48O12/c1-9-42(49)54-28-52-34-18-13-32(14-19-34)12-11-23-56-60-39-27-37-41(25-31(39)4)59-45-46(48(37,7)8)58-40-24-30(3)38(26-36(40)47(45,5)6)57-44(51)22-17-33-15-20-35(21-16-33)53-29-55-43(50)10-2/h9-22,24-27,45-46H,1-2,23,28-29H2,3-8H3/b12-11+,22-17+. The van der Waals surface area contributed by atoms with Gasteiger partial charge in [0.25, 0.3) is 0 Å². The zero-order valence-corrected chi connectivity index (χ0v) is 34.5. The highest BCUT2D eigenvalue weighted by Gasteiger charge is 2.56. The molecule has 2 atom stereocenters. The highest BCUT2D eigenvalue weighted by Crippen LogP contribution is 2.54. The molecule has 312 valence electrons. The monoisotopic (exact) mass is 816 g/mol. The number of aryl methyl sites for hydroxylation is 2. The minimum atomic E-state index is -0.577. The maximum Gasteiger partial charge on any atom is 0.336 e. The number of esters is 3. The Balaban J connectivity index is 1.08. The highest BCUT2D eigenvalue weighted by atomic mass is 17.2. The van der Waals surface area contributed by atoms with Crippen molar-refractivity contribution in [1.29, 1.82) is 0 Å². The lowest BCUT2D eigenvalue weighted by Gasteiger charge is -2.53. The summed E-state index contributed by atoms with van der Waals surface area (Å²) in [6, 6.07) is 21.9. The van der Waals surface area contributed by atoms with Crippen LogP contribution in [0.5, 0.6) is 34.5 Å². The second-order valence-electron chi connectivity index (χ2n) is 15.3. The van der Waals surface area contributed by atoms with Gasteiger partial charge in [-0.2, -0.15) is 4.89 Å². The fourth-order valence-corrected chi connectivity index (χ4v) is 6.89. The third-order valence-electron chi connectivity index (χ3n) is 10.3. The van der Waals surface area contributed by atoms with Gasteiger partial charge < -0.3 is 38.0 Å². The first-order valence-electron chi connectivity index (χ1n) is 19.2. The lowest BCUT2D eigenvalue weighted by atomic mass is 9.65. The Morgan fingerprint density at radius 1 is 0.650 bits per heavy atom. The second-order valence-corrected chi connectivity index (χ2v) is 15.3. The third kappa shape index (κ3) is 9.90. The van der Waals surface area contributed by atoms with Crippen LogP contribution in [0.2, 0.25) is 0 Å². The van der Waals surface area contributed by atoms with E-state index < -0.39 is 28.7 Å². The summed E-state index contributed by atoms with van der Waals surface area (Å²) in [5.41, 5.74) is 3.99. The fraction of sp³-hybridized carbons (Fsp3) is 0.271. The molecule has 4 aromatic carbocycles. The van der Waals surface area contributed by atoms with Crippen LogP contribution in [0.4, 0.5) is 0 Å². The molecular formula is C48H48O12. The molecule has 12 nitrogen and oxygen atoms in total. The maximum absolute atomic E-state index is 13.0. The summed E-state index contributed by atoms with van der Waals surface area (Å²) in [6.45, 7) is 18.8. The summed E-state index contributed by atoms with van der Waals surface area (Å²) >= 11 is 0. The fourth-order valence-electron chi connectivity index (χ4n) is 6.89. The summed E-state index contributed by atoms with van der Waals surface area (Å²) < 4.78 is 39.8. The molecule has 2 aliphatic rings. The van der Waals surface area contributed by atoms with Crippen molar-refractivity contribution >= 4 is 30.1 Å². The molecule has 0 saturated heterocycles. The van der Waals surface area contributed by atoms with E-state index in [-0.39, 0.29) is 32.4 Å². The molecule has 0 aliphatic carbocycles. The number of benzene rings is 4. The van der Waals surface area contributed by atoms with E-state index in [1.165, 1.54) is 6.08 Å². The van der Waals surface area contributed by atoms with Crippen molar-refractivity contribution in [2.24, 2.45) is 0 Å². The summed E-state index contributed by atoms with van der Waals surface area (Å²) in [7, 11) is 0. The van der Waals surface area contributed by atoms with Crippen molar-refractivity contribution in [3.05, 3.63) is 144 Å². The number of rotatable bonds is 16. The first-order valence-corrected chi connectivity index (χ1v) is 19.2. The normalized spacial score (nSPS) is 16.8. The smallest absolute Gasteiger partial charge is 0.336 e. The van der Waals surface area contributed by atoms with Crippen molar-refractivity contribution in [1.82, 2.24) is 0 Å². The Kier molecular flexibility index (Phi) is 13.1. The van der Waals surface area contributed by atoms with Crippen molar-refractivity contribution in [2.75, 3.05) is 20.2 Å². The van der Waals surface area contributed by atoms with Gasteiger partial charge in [-0.25, -0.2) is 14.4 Å². The van der Waals surface area contributed by atoms with Gasteiger partial charge in [0, 0.05) is 40.2 Å². The van der Waals surface area contributed by atoms with Crippen molar-refractivity contribution < 1.29 is 57.3 Å².